The molecule has 0 N–H and O–H groups in total. The molecule has 0 unspecified atom stereocenters. The van der Waals surface area contributed by atoms with Crippen molar-refractivity contribution < 1.29 is 19.1 Å². The fourth-order valence-corrected chi connectivity index (χ4v) is 3.29. The van der Waals surface area contributed by atoms with Crippen LogP contribution in [0.25, 0.3) is 5.65 Å². The second kappa shape index (κ2) is 7.59. The standard InChI is InChI=1S/C22H26N4O4/c1-5-29-21(28)19-24-17(20(27)30-22(2,3)4)13-26(19)12-16-11-25-10-15(14-6-7-14)8-9-18(25)23-16/h8-11,13-14H,5-7,12H2,1-4H3. The van der Waals surface area contributed by atoms with Crippen LogP contribution in [-0.4, -0.2) is 43.1 Å². The highest BCUT2D eigenvalue weighted by atomic mass is 16.6. The molecule has 0 amide bonds. The lowest BCUT2D eigenvalue weighted by atomic mass is 10.2. The average Bonchev–Trinajstić information content (AvgIpc) is 3.30. The first kappa shape index (κ1) is 20.1. The summed E-state index contributed by atoms with van der Waals surface area (Å²) >= 11 is 0. The lowest BCUT2D eigenvalue weighted by molar-refractivity contribution is 0.00632. The molecule has 0 aromatic carbocycles. The van der Waals surface area contributed by atoms with Crippen LogP contribution in [0.1, 0.15) is 78.8 Å². The minimum atomic E-state index is -0.661. The molecule has 0 aliphatic heterocycles. The van der Waals surface area contributed by atoms with Crippen molar-refractivity contribution in [3.8, 4) is 0 Å². The van der Waals surface area contributed by atoms with Gasteiger partial charge in [0.05, 0.1) is 18.8 Å². The molecule has 0 spiro atoms. The van der Waals surface area contributed by atoms with E-state index in [0.29, 0.717) is 5.92 Å². The van der Waals surface area contributed by atoms with Gasteiger partial charge in [0, 0.05) is 18.6 Å². The number of pyridine rings is 1. The highest BCUT2D eigenvalue weighted by molar-refractivity contribution is 5.91. The monoisotopic (exact) mass is 410 g/mol. The third kappa shape index (κ3) is 4.37. The fraction of sp³-hybridized carbons (Fsp3) is 0.455. The van der Waals surface area contributed by atoms with Crippen molar-refractivity contribution in [2.45, 2.75) is 58.6 Å². The SMILES string of the molecule is CCOC(=O)c1nc(C(=O)OC(C)(C)C)cn1Cc1cn2cc(C3CC3)ccc2n1. The zero-order chi connectivity index (χ0) is 21.5. The Kier molecular flexibility index (Phi) is 5.09. The smallest absolute Gasteiger partial charge is 0.374 e. The zero-order valence-corrected chi connectivity index (χ0v) is 17.7. The van der Waals surface area contributed by atoms with Gasteiger partial charge in [-0.1, -0.05) is 6.07 Å². The van der Waals surface area contributed by atoms with E-state index >= 15 is 0 Å². The molecule has 0 radical (unpaired) electrons. The van der Waals surface area contributed by atoms with E-state index in [-0.39, 0.29) is 24.7 Å². The van der Waals surface area contributed by atoms with Crippen molar-refractivity contribution in [3.63, 3.8) is 0 Å². The molecule has 0 atom stereocenters. The topological polar surface area (TPSA) is 87.7 Å². The number of aromatic nitrogens is 4. The Morgan fingerprint density at radius 3 is 2.53 bits per heavy atom. The number of carbonyl (C=O) groups excluding carboxylic acids is 2. The Morgan fingerprint density at radius 1 is 1.10 bits per heavy atom. The number of nitrogens with zero attached hydrogens (tertiary/aromatic N) is 4. The third-order valence-corrected chi connectivity index (χ3v) is 4.75. The van der Waals surface area contributed by atoms with E-state index in [1.165, 1.54) is 24.6 Å². The molecular formula is C22H26N4O4. The van der Waals surface area contributed by atoms with Crippen molar-refractivity contribution in [1.82, 2.24) is 18.9 Å². The van der Waals surface area contributed by atoms with Crippen LogP contribution in [0.15, 0.2) is 30.7 Å². The quantitative estimate of drug-likeness (QED) is 0.577. The summed E-state index contributed by atoms with van der Waals surface area (Å²) in [4.78, 5) is 33.7. The van der Waals surface area contributed by atoms with Crippen molar-refractivity contribution in [1.29, 1.82) is 0 Å². The molecule has 1 aliphatic carbocycles. The summed E-state index contributed by atoms with van der Waals surface area (Å²) in [6.45, 7) is 7.55. The number of rotatable bonds is 6. The van der Waals surface area contributed by atoms with Crippen LogP contribution in [-0.2, 0) is 16.0 Å². The van der Waals surface area contributed by atoms with Gasteiger partial charge < -0.3 is 18.4 Å². The lowest BCUT2D eigenvalue weighted by Gasteiger charge is -2.18. The molecule has 8 nitrogen and oxygen atoms in total. The number of hydrogen-bond donors (Lipinski definition) is 0. The van der Waals surface area contributed by atoms with E-state index in [1.807, 2.05) is 16.7 Å². The first-order valence-corrected chi connectivity index (χ1v) is 10.2. The summed E-state index contributed by atoms with van der Waals surface area (Å²) in [5.41, 5.74) is 2.30. The minimum absolute atomic E-state index is 0.0495. The Morgan fingerprint density at radius 2 is 1.87 bits per heavy atom. The summed E-state index contributed by atoms with van der Waals surface area (Å²) in [6, 6.07) is 4.12. The highest BCUT2D eigenvalue weighted by Crippen LogP contribution is 2.39. The average molecular weight is 410 g/mol. The van der Waals surface area contributed by atoms with Crippen molar-refractivity contribution in [3.05, 3.63) is 53.5 Å². The van der Waals surface area contributed by atoms with Gasteiger partial charge in [-0.15, -0.1) is 0 Å². The summed E-state index contributed by atoms with van der Waals surface area (Å²) < 4.78 is 14.1. The number of fused-ring (bicyclic) bond motifs is 1. The summed E-state index contributed by atoms with van der Waals surface area (Å²) in [5, 5.41) is 0. The van der Waals surface area contributed by atoms with Crippen molar-refractivity contribution in [2.24, 2.45) is 0 Å². The third-order valence-electron chi connectivity index (χ3n) is 4.75. The van der Waals surface area contributed by atoms with Crippen LogP contribution in [0.5, 0.6) is 0 Å². The molecule has 1 fully saturated rings. The molecule has 0 saturated heterocycles. The number of ether oxygens (including phenoxy) is 2. The van der Waals surface area contributed by atoms with Crippen LogP contribution in [0.4, 0.5) is 0 Å². The molecule has 3 aromatic rings. The first-order chi connectivity index (χ1) is 14.2. The van der Waals surface area contributed by atoms with E-state index in [9.17, 15) is 9.59 Å². The fourth-order valence-electron chi connectivity index (χ4n) is 3.29. The molecule has 0 bridgehead atoms. The van der Waals surface area contributed by atoms with Gasteiger partial charge in [-0.05, 0) is 58.1 Å². The van der Waals surface area contributed by atoms with E-state index < -0.39 is 17.5 Å². The molecule has 30 heavy (non-hydrogen) atoms. The van der Waals surface area contributed by atoms with Gasteiger partial charge in [0.2, 0.25) is 5.82 Å². The van der Waals surface area contributed by atoms with Gasteiger partial charge in [0.1, 0.15) is 11.2 Å². The van der Waals surface area contributed by atoms with Gasteiger partial charge in [-0.25, -0.2) is 19.6 Å². The molecule has 3 aromatic heterocycles. The molecular weight excluding hydrogens is 384 g/mol. The maximum absolute atomic E-state index is 12.4. The summed E-state index contributed by atoms with van der Waals surface area (Å²) in [6.07, 6.45) is 8.02. The predicted molar refractivity (Wildman–Crippen MR) is 110 cm³/mol. The number of carbonyl (C=O) groups is 2. The van der Waals surface area contributed by atoms with Crippen LogP contribution in [0.2, 0.25) is 0 Å². The second-order valence-corrected chi connectivity index (χ2v) is 8.53. The van der Waals surface area contributed by atoms with Gasteiger partial charge >= 0.3 is 11.9 Å². The Hall–Kier alpha value is -3.16. The van der Waals surface area contributed by atoms with Crippen LogP contribution < -0.4 is 0 Å². The van der Waals surface area contributed by atoms with E-state index in [0.717, 1.165) is 11.3 Å². The zero-order valence-electron chi connectivity index (χ0n) is 17.7. The maximum Gasteiger partial charge on any atom is 0.374 e. The molecule has 8 heteroatoms. The minimum Gasteiger partial charge on any atom is -0.460 e. The van der Waals surface area contributed by atoms with Gasteiger partial charge in [0.15, 0.2) is 5.69 Å². The largest absolute Gasteiger partial charge is 0.460 e. The van der Waals surface area contributed by atoms with Crippen LogP contribution in [0.3, 0.4) is 0 Å². The van der Waals surface area contributed by atoms with Gasteiger partial charge in [-0.2, -0.15) is 0 Å². The molecule has 1 saturated carbocycles. The Bertz CT molecular complexity index is 1100. The highest BCUT2D eigenvalue weighted by Gasteiger charge is 2.26. The van der Waals surface area contributed by atoms with Crippen LogP contribution >= 0.6 is 0 Å². The molecule has 3 heterocycles. The summed E-state index contributed by atoms with van der Waals surface area (Å²) in [7, 11) is 0. The number of esters is 2. The van der Waals surface area contributed by atoms with Crippen LogP contribution in [0, 0.1) is 0 Å². The number of imidazole rings is 2. The molecule has 1 aliphatic rings. The van der Waals surface area contributed by atoms with Crippen molar-refractivity contribution in [2.75, 3.05) is 6.61 Å². The lowest BCUT2D eigenvalue weighted by Crippen LogP contribution is -2.24. The predicted octanol–water partition coefficient (Wildman–Crippen LogP) is 3.59. The Labute approximate surface area is 174 Å². The van der Waals surface area contributed by atoms with E-state index in [1.54, 1.807) is 32.3 Å². The Balaban J connectivity index is 1.63. The molecule has 158 valence electrons. The van der Waals surface area contributed by atoms with Crippen molar-refractivity contribution >= 4 is 17.6 Å². The molecule has 4 rings (SSSR count). The van der Waals surface area contributed by atoms with Gasteiger partial charge in [0.25, 0.3) is 0 Å². The normalized spacial score (nSPS) is 14.1. The van der Waals surface area contributed by atoms with Gasteiger partial charge in [-0.3, -0.25) is 0 Å². The second-order valence-electron chi connectivity index (χ2n) is 8.53. The van der Waals surface area contributed by atoms with E-state index in [4.69, 9.17) is 9.47 Å². The first-order valence-electron chi connectivity index (χ1n) is 10.2. The maximum atomic E-state index is 12.4. The number of hydrogen-bond acceptors (Lipinski definition) is 6. The van der Waals surface area contributed by atoms with E-state index in [2.05, 4.69) is 22.2 Å². The summed E-state index contributed by atoms with van der Waals surface area (Å²) in [5.74, 6) is -0.475.